The summed E-state index contributed by atoms with van der Waals surface area (Å²) >= 11 is 0. The molecule has 0 aliphatic carbocycles. The van der Waals surface area contributed by atoms with Crippen LogP contribution in [-0.2, 0) is 30.9 Å². The Balaban J connectivity index is 0. The number of hydrogen-bond donors (Lipinski definition) is 0. The molecule has 2 heteroatoms. The van der Waals surface area contributed by atoms with Crippen LogP contribution in [0.15, 0.2) is 0 Å². The van der Waals surface area contributed by atoms with E-state index in [2.05, 4.69) is 13.8 Å². The molecule has 1 nitrogen and oxygen atoms in total. The van der Waals surface area contributed by atoms with Crippen LogP contribution in [0.4, 0.5) is 0 Å². The van der Waals surface area contributed by atoms with Gasteiger partial charge >= 0.3 is 0 Å². The third-order valence-electron chi connectivity index (χ3n) is 11.3. The fourth-order valence-electron chi connectivity index (χ4n) is 7.73. The Bertz CT molecular complexity index is 490. The zero-order valence-electron chi connectivity index (χ0n) is 35.4. The van der Waals surface area contributed by atoms with Crippen LogP contribution in [0.3, 0.4) is 0 Å². The second-order valence-electron chi connectivity index (χ2n) is 16.5. The summed E-state index contributed by atoms with van der Waals surface area (Å²) in [6.45, 7) is 6.61. The van der Waals surface area contributed by atoms with Crippen LogP contribution >= 0.6 is 0 Å². The maximum Gasteiger partial charge on any atom is 0.0466 e. The minimum Gasteiger partial charge on any atom is -0.381 e. The van der Waals surface area contributed by atoms with Crippen molar-refractivity contribution in [1.29, 1.82) is 0 Å². The monoisotopic (exact) mass is 781 g/mol. The first-order chi connectivity index (χ1) is 24.4. The quantitative estimate of drug-likeness (QED) is 0.0559. The van der Waals surface area contributed by atoms with Crippen LogP contribution in [0.1, 0.15) is 296 Å². The van der Waals surface area contributed by atoms with E-state index in [0.29, 0.717) is 0 Å². The molecule has 0 rings (SSSR count). The van der Waals surface area contributed by atoms with Crippen molar-refractivity contribution in [3.05, 3.63) is 0 Å². The van der Waals surface area contributed by atoms with Crippen LogP contribution in [0.5, 0.6) is 0 Å². The molecule has 0 atom stereocenters. The Kier molecular flexibility index (Phi) is 55.0. The van der Waals surface area contributed by atoms with Crippen molar-refractivity contribution in [2.24, 2.45) is 0 Å². The molecule has 0 aromatic rings. The third-order valence-corrected chi connectivity index (χ3v) is 11.3. The van der Waals surface area contributed by atoms with Crippen molar-refractivity contribution in [1.82, 2.24) is 0 Å². The zero-order valence-corrected chi connectivity index (χ0v) is 37.9. The van der Waals surface area contributed by atoms with E-state index in [1.165, 1.54) is 283 Å². The van der Waals surface area contributed by atoms with E-state index >= 15 is 0 Å². The van der Waals surface area contributed by atoms with Gasteiger partial charge in [-0.25, -0.2) is 0 Å². The number of ether oxygens (including phenoxy) is 1. The average molecular weight is 783 g/mol. The second kappa shape index (κ2) is 51.9. The van der Waals surface area contributed by atoms with Crippen molar-refractivity contribution in [3.8, 4) is 0 Å². The van der Waals surface area contributed by atoms with Gasteiger partial charge in [0.05, 0.1) is 0 Å². The minimum absolute atomic E-state index is 0. The van der Waals surface area contributed by atoms with Gasteiger partial charge in [0.25, 0.3) is 0 Å². The Morgan fingerprint density at radius 1 is 0.180 bits per heavy atom. The molecular weight excluding hydrogens is 684 g/mol. The summed E-state index contributed by atoms with van der Waals surface area (Å²) in [5, 5.41) is 0. The summed E-state index contributed by atoms with van der Waals surface area (Å²) < 4.78 is 5.92. The van der Waals surface area contributed by atoms with Crippen LogP contribution in [0.25, 0.3) is 0 Å². The summed E-state index contributed by atoms with van der Waals surface area (Å²) in [6.07, 6.45) is 64.0. The second-order valence-corrected chi connectivity index (χ2v) is 16.5. The molecule has 0 saturated carbocycles. The van der Waals surface area contributed by atoms with Crippen molar-refractivity contribution >= 4 is 0 Å². The van der Waals surface area contributed by atoms with E-state index in [-0.39, 0.29) is 26.2 Å². The molecule has 0 aliphatic rings. The van der Waals surface area contributed by atoms with Gasteiger partial charge in [-0.05, 0) is 12.8 Å². The van der Waals surface area contributed by atoms with Gasteiger partial charge in [0, 0.05) is 39.4 Å². The van der Waals surface area contributed by atoms with Gasteiger partial charge in [0.1, 0.15) is 0 Å². The summed E-state index contributed by atoms with van der Waals surface area (Å²) in [7, 11) is 0. The molecule has 0 aliphatic heterocycles. The molecule has 0 spiro atoms. The fourth-order valence-corrected chi connectivity index (χ4v) is 7.73. The standard InChI is InChI=1S/C48H98O.Zr/c1-3-5-7-9-11-13-15-17-19-21-23-25-27-29-31-33-35-37-39-41-43-45-47-49-48-46-44-42-40-38-36-34-32-30-28-26-24-22-20-18-16-14-12-10-8-6-4-2;/h3-48H2,1-2H3;. The van der Waals surface area contributed by atoms with E-state index < -0.39 is 0 Å². The van der Waals surface area contributed by atoms with Crippen molar-refractivity contribution in [2.75, 3.05) is 13.2 Å². The molecule has 0 radical (unpaired) electrons. The molecular formula is C48H98OZr. The molecule has 0 unspecified atom stereocenters. The molecule has 0 amide bonds. The Hall–Kier alpha value is 0.843. The summed E-state index contributed by atoms with van der Waals surface area (Å²) in [4.78, 5) is 0. The van der Waals surface area contributed by atoms with Crippen LogP contribution in [0.2, 0.25) is 0 Å². The first-order valence-corrected chi connectivity index (χ1v) is 24.0. The molecule has 0 aromatic heterocycles. The van der Waals surface area contributed by atoms with E-state index in [1.807, 2.05) is 0 Å². The largest absolute Gasteiger partial charge is 0.381 e. The predicted octanol–water partition coefficient (Wildman–Crippen LogP) is 18.2. The van der Waals surface area contributed by atoms with E-state index in [1.54, 1.807) is 0 Å². The van der Waals surface area contributed by atoms with E-state index in [0.717, 1.165) is 13.2 Å². The van der Waals surface area contributed by atoms with Gasteiger partial charge in [-0.15, -0.1) is 0 Å². The Morgan fingerprint density at radius 3 is 0.440 bits per heavy atom. The summed E-state index contributed by atoms with van der Waals surface area (Å²) in [5.41, 5.74) is 0. The van der Waals surface area contributed by atoms with Crippen LogP contribution < -0.4 is 0 Å². The molecule has 0 aromatic carbocycles. The van der Waals surface area contributed by atoms with Gasteiger partial charge in [0.2, 0.25) is 0 Å². The molecule has 50 heavy (non-hydrogen) atoms. The summed E-state index contributed by atoms with van der Waals surface area (Å²) in [6, 6.07) is 0. The topological polar surface area (TPSA) is 9.23 Å². The first kappa shape index (κ1) is 52.9. The normalized spacial score (nSPS) is 11.4. The number of hydrogen-bond acceptors (Lipinski definition) is 1. The first-order valence-electron chi connectivity index (χ1n) is 24.0. The molecule has 0 saturated heterocycles. The van der Waals surface area contributed by atoms with E-state index in [9.17, 15) is 0 Å². The van der Waals surface area contributed by atoms with Gasteiger partial charge < -0.3 is 4.74 Å². The summed E-state index contributed by atoms with van der Waals surface area (Å²) in [5.74, 6) is 0. The van der Waals surface area contributed by atoms with Crippen molar-refractivity contribution in [3.63, 3.8) is 0 Å². The van der Waals surface area contributed by atoms with Crippen molar-refractivity contribution in [2.45, 2.75) is 296 Å². The molecule has 300 valence electrons. The average Bonchev–Trinajstić information content (AvgIpc) is 3.11. The molecule has 0 heterocycles. The van der Waals surface area contributed by atoms with Crippen molar-refractivity contribution < 1.29 is 30.9 Å². The maximum atomic E-state index is 5.92. The van der Waals surface area contributed by atoms with Crippen LogP contribution in [-0.4, -0.2) is 13.2 Å². The third kappa shape index (κ3) is 51.0. The number of rotatable bonds is 46. The minimum atomic E-state index is 0. The van der Waals surface area contributed by atoms with E-state index in [4.69, 9.17) is 4.74 Å². The zero-order chi connectivity index (χ0) is 35.2. The molecule has 0 bridgehead atoms. The van der Waals surface area contributed by atoms with Gasteiger partial charge in [-0.2, -0.15) is 0 Å². The maximum absolute atomic E-state index is 5.92. The Morgan fingerprint density at radius 2 is 0.300 bits per heavy atom. The van der Waals surface area contributed by atoms with Crippen LogP contribution in [0, 0.1) is 0 Å². The SMILES string of the molecule is CCCCCCCCCCCCCCCCCCCCCCCCOCCCCCCCCCCCCCCCCCCCCCCCC.[Zr]. The predicted molar refractivity (Wildman–Crippen MR) is 225 cm³/mol. The fraction of sp³-hybridized carbons (Fsp3) is 1.00. The van der Waals surface area contributed by atoms with Gasteiger partial charge in [-0.3, -0.25) is 0 Å². The Labute approximate surface area is 338 Å². The van der Waals surface area contributed by atoms with Gasteiger partial charge in [0.15, 0.2) is 0 Å². The van der Waals surface area contributed by atoms with Gasteiger partial charge in [-0.1, -0.05) is 284 Å². The number of unbranched alkanes of at least 4 members (excludes halogenated alkanes) is 42. The smallest absolute Gasteiger partial charge is 0.0466 e. The molecule has 0 N–H and O–H groups in total. The molecule has 0 fully saturated rings.